The van der Waals surface area contributed by atoms with Crippen molar-refractivity contribution in [2.24, 2.45) is 4.99 Å². The zero-order chi connectivity index (χ0) is 20.3. The molecule has 1 aromatic rings. The molecule has 1 aromatic heterocycles. The van der Waals surface area contributed by atoms with E-state index in [9.17, 15) is 4.79 Å². The lowest BCUT2D eigenvalue weighted by atomic mass is 10.2. The Labute approximate surface area is 186 Å². The average molecular weight is 505 g/mol. The Morgan fingerprint density at radius 3 is 2.61 bits per heavy atom. The van der Waals surface area contributed by atoms with Crippen LogP contribution in [0.1, 0.15) is 46.7 Å². The van der Waals surface area contributed by atoms with Gasteiger partial charge in [-0.15, -0.1) is 24.0 Å². The van der Waals surface area contributed by atoms with Gasteiger partial charge in [0.05, 0.1) is 0 Å². The molecule has 0 fully saturated rings. The zero-order valence-electron chi connectivity index (χ0n) is 18.0. The highest BCUT2D eigenvalue weighted by Crippen LogP contribution is 2.11. The number of halogens is 1. The fraction of sp³-hybridized carbons (Fsp3) is 0.650. The number of pyridine rings is 1. The van der Waals surface area contributed by atoms with Crippen molar-refractivity contribution in [3.05, 3.63) is 30.1 Å². The number of rotatable bonds is 8. The molecule has 1 amide bonds. The van der Waals surface area contributed by atoms with Crippen LogP contribution in [0.2, 0.25) is 0 Å². The summed E-state index contributed by atoms with van der Waals surface area (Å²) in [7, 11) is 1.76. The molecule has 0 aliphatic heterocycles. The first-order chi connectivity index (χ1) is 12.7. The summed E-state index contributed by atoms with van der Waals surface area (Å²) in [6, 6.07) is 5.96. The first-order valence-electron chi connectivity index (χ1n) is 9.61. The van der Waals surface area contributed by atoms with Crippen LogP contribution >= 0.6 is 24.0 Å². The number of amides is 1. The molecular formula is C20H36IN5O2. The zero-order valence-corrected chi connectivity index (χ0v) is 20.3. The number of carbonyl (C=O) groups excluding carboxylic acids is 1. The van der Waals surface area contributed by atoms with Gasteiger partial charge in [-0.2, -0.15) is 0 Å². The van der Waals surface area contributed by atoms with Crippen molar-refractivity contribution in [1.29, 1.82) is 0 Å². The van der Waals surface area contributed by atoms with Crippen molar-refractivity contribution in [2.45, 2.75) is 59.1 Å². The molecule has 0 radical (unpaired) electrons. The highest BCUT2D eigenvalue weighted by molar-refractivity contribution is 14.0. The van der Waals surface area contributed by atoms with Crippen LogP contribution in [0.5, 0.6) is 0 Å². The van der Waals surface area contributed by atoms with E-state index in [1.807, 2.05) is 52.8 Å². The summed E-state index contributed by atoms with van der Waals surface area (Å²) in [6.45, 7) is 11.8. The van der Waals surface area contributed by atoms with E-state index in [-0.39, 0.29) is 36.1 Å². The number of nitrogens with one attached hydrogen (secondary N) is 2. The Balaban J connectivity index is 0.00000729. The smallest absolute Gasteiger partial charge is 0.410 e. The molecule has 0 saturated carbocycles. The monoisotopic (exact) mass is 505 g/mol. The second-order valence-corrected chi connectivity index (χ2v) is 7.49. The van der Waals surface area contributed by atoms with E-state index in [2.05, 4.69) is 20.6 Å². The summed E-state index contributed by atoms with van der Waals surface area (Å²) in [5, 5.41) is 6.56. The third-order valence-electron chi connectivity index (χ3n) is 3.90. The van der Waals surface area contributed by atoms with Gasteiger partial charge in [-0.1, -0.05) is 6.07 Å². The number of aromatic nitrogens is 1. The van der Waals surface area contributed by atoms with Crippen molar-refractivity contribution in [3.63, 3.8) is 0 Å². The van der Waals surface area contributed by atoms with Crippen molar-refractivity contribution in [1.82, 2.24) is 20.5 Å². The normalized spacial score (nSPS) is 12.6. The fourth-order valence-corrected chi connectivity index (χ4v) is 2.27. The minimum absolute atomic E-state index is 0. The highest BCUT2D eigenvalue weighted by atomic mass is 127. The summed E-state index contributed by atoms with van der Waals surface area (Å²) in [6.07, 6.45) is 3.09. The van der Waals surface area contributed by atoms with Crippen LogP contribution in [0.25, 0.3) is 0 Å². The largest absolute Gasteiger partial charge is 0.444 e. The summed E-state index contributed by atoms with van der Waals surface area (Å²) in [5.41, 5.74) is 0.562. The van der Waals surface area contributed by atoms with Gasteiger partial charge in [-0.3, -0.25) is 9.98 Å². The Hall–Kier alpha value is -1.58. The van der Waals surface area contributed by atoms with E-state index in [0.717, 1.165) is 37.6 Å². The van der Waals surface area contributed by atoms with Gasteiger partial charge in [0.15, 0.2) is 5.96 Å². The first kappa shape index (κ1) is 26.4. The Morgan fingerprint density at radius 2 is 2.04 bits per heavy atom. The van der Waals surface area contributed by atoms with Gasteiger partial charge in [0.2, 0.25) is 0 Å². The average Bonchev–Trinajstić information content (AvgIpc) is 2.60. The third kappa shape index (κ3) is 11.3. The number of ether oxygens (including phenoxy) is 1. The van der Waals surface area contributed by atoms with Gasteiger partial charge < -0.3 is 20.3 Å². The predicted octanol–water partition coefficient (Wildman–Crippen LogP) is 3.44. The fourth-order valence-electron chi connectivity index (χ4n) is 2.27. The SMILES string of the molecule is CCNC(=NCCC(C)N(C)C(=O)OC(C)(C)C)NCCc1ccccn1.I. The molecule has 0 spiro atoms. The van der Waals surface area contributed by atoms with Gasteiger partial charge >= 0.3 is 6.09 Å². The molecule has 2 N–H and O–H groups in total. The Kier molecular flexibility index (Phi) is 12.8. The first-order valence-corrected chi connectivity index (χ1v) is 9.61. The topological polar surface area (TPSA) is 78.9 Å². The van der Waals surface area contributed by atoms with Gasteiger partial charge in [-0.25, -0.2) is 4.79 Å². The van der Waals surface area contributed by atoms with Crippen molar-refractivity contribution >= 4 is 36.0 Å². The van der Waals surface area contributed by atoms with Crippen LogP contribution in [0.3, 0.4) is 0 Å². The lowest BCUT2D eigenvalue weighted by Gasteiger charge is -2.28. The molecule has 0 saturated heterocycles. The summed E-state index contributed by atoms with van der Waals surface area (Å²) < 4.78 is 5.40. The Morgan fingerprint density at radius 1 is 1.32 bits per heavy atom. The number of guanidine groups is 1. The summed E-state index contributed by atoms with van der Waals surface area (Å²) in [5.74, 6) is 0.778. The summed E-state index contributed by atoms with van der Waals surface area (Å²) >= 11 is 0. The molecule has 0 aromatic carbocycles. The minimum Gasteiger partial charge on any atom is -0.444 e. The molecule has 1 heterocycles. The molecule has 1 rings (SSSR count). The maximum atomic E-state index is 12.1. The van der Waals surface area contributed by atoms with E-state index >= 15 is 0 Å². The van der Waals surface area contributed by atoms with Gasteiger partial charge in [-0.05, 0) is 53.2 Å². The molecule has 1 unspecified atom stereocenters. The number of nitrogens with zero attached hydrogens (tertiary/aromatic N) is 3. The predicted molar refractivity (Wildman–Crippen MR) is 125 cm³/mol. The highest BCUT2D eigenvalue weighted by Gasteiger charge is 2.22. The van der Waals surface area contributed by atoms with Crippen LogP contribution in [-0.4, -0.2) is 60.3 Å². The molecule has 28 heavy (non-hydrogen) atoms. The van der Waals surface area contributed by atoms with Crippen LogP contribution < -0.4 is 10.6 Å². The molecule has 1 atom stereocenters. The van der Waals surface area contributed by atoms with Crippen molar-refractivity contribution < 1.29 is 9.53 Å². The van der Waals surface area contributed by atoms with Crippen molar-refractivity contribution in [3.8, 4) is 0 Å². The maximum Gasteiger partial charge on any atom is 0.410 e. The standard InChI is InChI=1S/C20H35N5O2.HI/c1-7-21-18(24-15-12-17-10-8-9-13-22-17)23-14-11-16(2)25(6)19(26)27-20(3,4)5;/h8-10,13,16H,7,11-12,14-15H2,1-6H3,(H2,21,23,24);1H. The lowest BCUT2D eigenvalue weighted by Crippen LogP contribution is -2.40. The molecule has 7 nitrogen and oxygen atoms in total. The van der Waals surface area contributed by atoms with Gasteiger partial charge in [0.25, 0.3) is 0 Å². The quantitative estimate of drug-likeness (QED) is 0.322. The lowest BCUT2D eigenvalue weighted by molar-refractivity contribution is 0.0231. The second kappa shape index (κ2) is 13.6. The van der Waals surface area contributed by atoms with Gasteiger partial charge in [0.1, 0.15) is 5.60 Å². The second-order valence-electron chi connectivity index (χ2n) is 7.49. The van der Waals surface area contributed by atoms with Crippen LogP contribution in [0.15, 0.2) is 29.4 Å². The van der Waals surface area contributed by atoms with E-state index in [1.54, 1.807) is 18.1 Å². The molecular weight excluding hydrogens is 469 g/mol. The van der Waals surface area contributed by atoms with E-state index in [0.29, 0.717) is 6.54 Å². The van der Waals surface area contributed by atoms with Crippen LogP contribution in [0.4, 0.5) is 4.79 Å². The molecule has 0 aliphatic rings. The summed E-state index contributed by atoms with van der Waals surface area (Å²) in [4.78, 5) is 22.7. The number of aliphatic imine (C=N–C) groups is 1. The molecule has 160 valence electrons. The third-order valence-corrected chi connectivity index (χ3v) is 3.90. The molecule has 0 bridgehead atoms. The maximum absolute atomic E-state index is 12.1. The van der Waals surface area contributed by atoms with Gasteiger partial charge in [0, 0.05) is 51.0 Å². The van der Waals surface area contributed by atoms with Crippen LogP contribution in [0, 0.1) is 0 Å². The van der Waals surface area contributed by atoms with Crippen molar-refractivity contribution in [2.75, 3.05) is 26.7 Å². The number of carbonyl (C=O) groups is 1. The van der Waals surface area contributed by atoms with E-state index in [1.165, 1.54) is 0 Å². The van der Waals surface area contributed by atoms with E-state index < -0.39 is 5.60 Å². The molecule has 0 aliphatic carbocycles. The molecule has 8 heteroatoms. The minimum atomic E-state index is -0.487. The van der Waals surface area contributed by atoms with Crippen LogP contribution in [-0.2, 0) is 11.2 Å². The Bertz CT molecular complexity index is 590. The van der Waals surface area contributed by atoms with E-state index in [4.69, 9.17) is 4.74 Å². The number of hydrogen-bond donors (Lipinski definition) is 2. The number of hydrogen-bond acceptors (Lipinski definition) is 4.